The maximum Gasteiger partial charge on any atom is 0.416 e. The van der Waals surface area contributed by atoms with Gasteiger partial charge < -0.3 is 30.3 Å². The zero-order valence-electron chi connectivity index (χ0n) is 20.6. The highest BCUT2D eigenvalue weighted by atomic mass is 19.4. The predicted octanol–water partition coefficient (Wildman–Crippen LogP) is 4.13. The van der Waals surface area contributed by atoms with Crippen molar-refractivity contribution in [2.45, 2.75) is 32.2 Å². The van der Waals surface area contributed by atoms with Crippen molar-refractivity contribution >= 4 is 23.3 Å². The van der Waals surface area contributed by atoms with Crippen LogP contribution < -0.4 is 15.4 Å². The number of urea groups is 1. The Morgan fingerprint density at radius 3 is 2.36 bits per heavy atom. The summed E-state index contributed by atoms with van der Waals surface area (Å²) >= 11 is 0. The van der Waals surface area contributed by atoms with Crippen LogP contribution in [0.3, 0.4) is 0 Å². The number of anilines is 2. The number of nitrogens with zero attached hydrogens (tertiary/aromatic N) is 2. The second kappa shape index (κ2) is 11.2. The molecule has 3 amide bonds. The number of aliphatic hydroxyl groups excluding tert-OH is 1. The molecule has 3 N–H and O–H groups in total. The second-order valence-corrected chi connectivity index (χ2v) is 9.25. The number of alkyl halides is 3. The van der Waals surface area contributed by atoms with E-state index in [1.807, 2.05) is 25.9 Å². The summed E-state index contributed by atoms with van der Waals surface area (Å²) in [5.74, 6) is 0.0153. The first-order valence-electron chi connectivity index (χ1n) is 11.5. The van der Waals surface area contributed by atoms with Crippen LogP contribution in [-0.4, -0.2) is 72.8 Å². The lowest BCUT2D eigenvalue weighted by atomic mass is 9.99. The summed E-state index contributed by atoms with van der Waals surface area (Å²) in [5.41, 5.74) is -0.116. The number of ether oxygens (including phenoxy) is 1. The minimum Gasteiger partial charge on any atom is -0.488 e. The lowest BCUT2D eigenvalue weighted by molar-refractivity contribution is -0.137. The van der Waals surface area contributed by atoms with E-state index in [1.165, 1.54) is 6.07 Å². The number of fused-ring (bicyclic) bond motifs is 1. The Bertz CT molecular complexity index is 1080. The van der Waals surface area contributed by atoms with Crippen molar-refractivity contribution < 1.29 is 32.6 Å². The number of benzene rings is 2. The Kier molecular flexibility index (Phi) is 8.47. The monoisotopic (exact) mass is 508 g/mol. The van der Waals surface area contributed by atoms with Crippen LogP contribution in [0.5, 0.6) is 5.75 Å². The molecular formula is C25H31F3N4O4. The largest absolute Gasteiger partial charge is 0.488 e. The molecule has 0 saturated heterocycles. The van der Waals surface area contributed by atoms with Gasteiger partial charge in [-0.1, -0.05) is 6.92 Å². The molecule has 1 heterocycles. The first-order valence-corrected chi connectivity index (χ1v) is 11.5. The molecule has 0 aromatic heterocycles. The molecule has 0 fully saturated rings. The minimum absolute atomic E-state index is 0.00851. The molecule has 0 aliphatic carbocycles. The number of hydrogen-bond donors (Lipinski definition) is 3. The number of nitrogens with one attached hydrogen (secondary N) is 2. The van der Waals surface area contributed by atoms with Crippen molar-refractivity contribution in [2.24, 2.45) is 5.92 Å². The molecule has 2 aromatic rings. The summed E-state index contributed by atoms with van der Waals surface area (Å²) in [7, 11) is 3.86. The Hall–Kier alpha value is -3.31. The third-order valence-corrected chi connectivity index (χ3v) is 5.94. The fourth-order valence-electron chi connectivity index (χ4n) is 3.91. The Morgan fingerprint density at radius 1 is 1.17 bits per heavy atom. The van der Waals surface area contributed by atoms with Crippen molar-refractivity contribution in [3.63, 3.8) is 0 Å². The Balaban J connectivity index is 1.83. The van der Waals surface area contributed by atoms with E-state index in [1.54, 1.807) is 24.0 Å². The summed E-state index contributed by atoms with van der Waals surface area (Å²) in [6.45, 7) is 4.54. The van der Waals surface area contributed by atoms with Crippen LogP contribution in [0.15, 0.2) is 42.5 Å². The van der Waals surface area contributed by atoms with Crippen LogP contribution in [0.1, 0.15) is 29.8 Å². The molecule has 0 radical (unpaired) electrons. The van der Waals surface area contributed by atoms with Gasteiger partial charge in [-0.3, -0.25) is 4.79 Å². The smallest absolute Gasteiger partial charge is 0.416 e. The van der Waals surface area contributed by atoms with Gasteiger partial charge in [0.25, 0.3) is 5.91 Å². The zero-order valence-corrected chi connectivity index (χ0v) is 20.6. The molecule has 1 aliphatic heterocycles. The standard InChI is InChI=1S/C25H31F3N4O4/c1-15-12-32(16(2)14-33)23(34)20-11-19(9-10-21(20)36-22(15)13-31(3)4)30-24(35)29-18-7-5-17(6-8-18)25(26,27)28/h5-11,15-16,22,33H,12-14H2,1-4H3,(H2,29,30,35)/t15-,16+,22-/m1/s1. The van der Waals surface area contributed by atoms with E-state index in [0.717, 1.165) is 24.3 Å². The van der Waals surface area contributed by atoms with Crippen LogP contribution in [-0.2, 0) is 6.18 Å². The van der Waals surface area contributed by atoms with Gasteiger partial charge in [0.05, 0.1) is 23.8 Å². The number of likely N-dealkylation sites (N-methyl/N-ethyl adjacent to an activating group) is 1. The number of halogens is 3. The van der Waals surface area contributed by atoms with E-state index >= 15 is 0 Å². The van der Waals surface area contributed by atoms with Crippen LogP contribution in [0.2, 0.25) is 0 Å². The summed E-state index contributed by atoms with van der Waals surface area (Å²) in [6, 6.07) is 7.61. The lowest BCUT2D eigenvalue weighted by Crippen LogP contribution is -2.49. The summed E-state index contributed by atoms with van der Waals surface area (Å²) in [4.78, 5) is 29.5. The van der Waals surface area contributed by atoms with Gasteiger partial charge in [0, 0.05) is 30.4 Å². The van der Waals surface area contributed by atoms with Crippen molar-refractivity contribution in [1.82, 2.24) is 9.80 Å². The number of amides is 3. The van der Waals surface area contributed by atoms with Gasteiger partial charge in [0.1, 0.15) is 11.9 Å². The molecular weight excluding hydrogens is 477 g/mol. The quantitative estimate of drug-likeness (QED) is 0.546. The summed E-state index contributed by atoms with van der Waals surface area (Å²) in [6.07, 6.45) is -4.69. The highest BCUT2D eigenvalue weighted by Crippen LogP contribution is 2.31. The topological polar surface area (TPSA) is 94.1 Å². The molecule has 36 heavy (non-hydrogen) atoms. The number of carbonyl (C=O) groups excluding carboxylic acids is 2. The molecule has 0 spiro atoms. The molecule has 1 aliphatic rings. The maximum absolute atomic E-state index is 13.4. The first-order chi connectivity index (χ1) is 16.9. The molecule has 2 aromatic carbocycles. The highest BCUT2D eigenvalue weighted by molar-refractivity contribution is 6.02. The molecule has 3 rings (SSSR count). The molecule has 0 bridgehead atoms. The van der Waals surface area contributed by atoms with Gasteiger partial charge in [-0.25, -0.2) is 4.79 Å². The Labute approximate surface area is 208 Å². The average Bonchev–Trinajstić information content (AvgIpc) is 2.80. The van der Waals surface area contributed by atoms with Crippen molar-refractivity contribution in [3.8, 4) is 5.75 Å². The van der Waals surface area contributed by atoms with Gasteiger partial charge in [-0.2, -0.15) is 13.2 Å². The van der Waals surface area contributed by atoms with Crippen LogP contribution in [0, 0.1) is 5.92 Å². The third kappa shape index (κ3) is 6.67. The van der Waals surface area contributed by atoms with E-state index in [4.69, 9.17) is 4.74 Å². The minimum atomic E-state index is -4.47. The number of rotatable bonds is 6. The summed E-state index contributed by atoms with van der Waals surface area (Å²) in [5, 5.41) is 14.8. The SMILES string of the molecule is C[C@@H]1CN([C@@H](C)CO)C(=O)c2cc(NC(=O)Nc3ccc(C(F)(F)F)cc3)ccc2O[C@@H]1CN(C)C. The molecule has 11 heteroatoms. The maximum atomic E-state index is 13.4. The predicted molar refractivity (Wildman–Crippen MR) is 130 cm³/mol. The molecule has 0 unspecified atom stereocenters. The Morgan fingerprint density at radius 2 is 1.78 bits per heavy atom. The average molecular weight is 509 g/mol. The van der Waals surface area contributed by atoms with E-state index in [2.05, 4.69) is 10.6 Å². The molecule has 3 atom stereocenters. The van der Waals surface area contributed by atoms with Crippen LogP contribution in [0.25, 0.3) is 0 Å². The lowest BCUT2D eigenvalue weighted by Gasteiger charge is -2.37. The normalized spacial score (nSPS) is 19.1. The van der Waals surface area contributed by atoms with Crippen molar-refractivity contribution in [2.75, 3.05) is 44.4 Å². The van der Waals surface area contributed by atoms with Crippen molar-refractivity contribution in [3.05, 3.63) is 53.6 Å². The van der Waals surface area contributed by atoms with E-state index < -0.39 is 23.8 Å². The van der Waals surface area contributed by atoms with Gasteiger partial charge in [0.15, 0.2) is 0 Å². The highest BCUT2D eigenvalue weighted by Gasteiger charge is 2.33. The molecule has 196 valence electrons. The van der Waals surface area contributed by atoms with Gasteiger partial charge in [-0.05, 0) is 63.5 Å². The fourth-order valence-corrected chi connectivity index (χ4v) is 3.91. The van der Waals surface area contributed by atoms with Gasteiger partial charge >= 0.3 is 12.2 Å². The molecule has 0 saturated carbocycles. The van der Waals surface area contributed by atoms with Crippen molar-refractivity contribution in [1.29, 1.82) is 0 Å². The third-order valence-electron chi connectivity index (χ3n) is 5.94. The van der Waals surface area contributed by atoms with E-state index in [-0.39, 0.29) is 35.8 Å². The van der Waals surface area contributed by atoms with Crippen LogP contribution in [0.4, 0.5) is 29.3 Å². The second-order valence-electron chi connectivity index (χ2n) is 9.25. The molecule has 8 nitrogen and oxygen atoms in total. The van der Waals surface area contributed by atoms with E-state index in [0.29, 0.717) is 24.5 Å². The summed E-state index contributed by atoms with van der Waals surface area (Å²) < 4.78 is 44.4. The number of aliphatic hydroxyl groups is 1. The van der Waals surface area contributed by atoms with Gasteiger partial charge in [0.2, 0.25) is 0 Å². The fraction of sp³-hybridized carbons (Fsp3) is 0.440. The number of hydrogen-bond acceptors (Lipinski definition) is 5. The number of carbonyl (C=O) groups is 2. The van der Waals surface area contributed by atoms with Crippen LogP contribution >= 0.6 is 0 Å². The zero-order chi connectivity index (χ0) is 26.6. The first kappa shape index (κ1) is 27.3. The van der Waals surface area contributed by atoms with Gasteiger partial charge in [-0.15, -0.1) is 0 Å². The van der Waals surface area contributed by atoms with E-state index in [9.17, 15) is 27.9 Å².